The zero-order valence-corrected chi connectivity index (χ0v) is 13.0. The second-order valence-corrected chi connectivity index (χ2v) is 6.29. The molecule has 0 heterocycles. The van der Waals surface area contributed by atoms with Crippen LogP contribution in [0.1, 0.15) is 24.5 Å². The molecule has 1 atom stereocenters. The largest absolute Gasteiger partial charge is 0.327 e. The molecule has 0 saturated heterocycles. The Morgan fingerprint density at radius 2 is 1.71 bits per heavy atom. The SMILES string of the molecule is CCC(N)Cc1ccc(Sc2ccc(F)c(F)c2)cc1C. The normalized spacial score (nSPS) is 12.4. The molecule has 2 N–H and O–H groups in total. The first-order valence-corrected chi connectivity index (χ1v) is 7.79. The van der Waals surface area contributed by atoms with Crippen molar-refractivity contribution in [2.75, 3.05) is 0 Å². The van der Waals surface area contributed by atoms with E-state index in [-0.39, 0.29) is 6.04 Å². The lowest BCUT2D eigenvalue weighted by Gasteiger charge is -2.12. The highest BCUT2D eigenvalue weighted by Gasteiger charge is 2.07. The van der Waals surface area contributed by atoms with Gasteiger partial charge in [-0.05, 0) is 61.2 Å². The molecule has 4 heteroatoms. The summed E-state index contributed by atoms with van der Waals surface area (Å²) in [6.45, 7) is 4.13. The van der Waals surface area contributed by atoms with Crippen LogP contribution >= 0.6 is 11.8 Å². The second-order valence-electron chi connectivity index (χ2n) is 5.14. The van der Waals surface area contributed by atoms with Crippen molar-refractivity contribution in [3.63, 3.8) is 0 Å². The van der Waals surface area contributed by atoms with Crippen LogP contribution in [0.4, 0.5) is 8.78 Å². The third kappa shape index (κ3) is 4.29. The molecular weight excluding hydrogens is 288 g/mol. The van der Waals surface area contributed by atoms with E-state index in [0.717, 1.165) is 23.8 Å². The molecule has 0 aromatic heterocycles. The molecular formula is C17H19F2NS. The molecule has 0 spiro atoms. The highest BCUT2D eigenvalue weighted by atomic mass is 32.2. The summed E-state index contributed by atoms with van der Waals surface area (Å²) < 4.78 is 26.1. The molecule has 0 aliphatic rings. The average Bonchev–Trinajstić information content (AvgIpc) is 2.45. The van der Waals surface area contributed by atoms with E-state index in [9.17, 15) is 8.78 Å². The van der Waals surface area contributed by atoms with Crippen molar-refractivity contribution in [3.8, 4) is 0 Å². The second kappa shape index (κ2) is 7.05. The van der Waals surface area contributed by atoms with Crippen molar-refractivity contribution in [3.05, 3.63) is 59.2 Å². The third-order valence-electron chi connectivity index (χ3n) is 3.45. The van der Waals surface area contributed by atoms with Gasteiger partial charge in [-0.15, -0.1) is 0 Å². The summed E-state index contributed by atoms with van der Waals surface area (Å²) in [6.07, 6.45) is 1.81. The van der Waals surface area contributed by atoms with Crippen LogP contribution < -0.4 is 5.73 Å². The van der Waals surface area contributed by atoms with Crippen molar-refractivity contribution in [1.82, 2.24) is 0 Å². The first-order valence-electron chi connectivity index (χ1n) is 6.97. The Hall–Kier alpha value is -1.39. The monoisotopic (exact) mass is 307 g/mol. The van der Waals surface area contributed by atoms with Crippen LogP contribution in [-0.4, -0.2) is 6.04 Å². The molecule has 1 unspecified atom stereocenters. The fourth-order valence-corrected chi connectivity index (χ4v) is 3.01. The fourth-order valence-electron chi connectivity index (χ4n) is 2.06. The number of aryl methyl sites for hydroxylation is 1. The molecule has 0 bridgehead atoms. The van der Waals surface area contributed by atoms with E-state index >= 15 is 0 Å². The number of hydrogen-bond donors (Lipinski definition) is 1. The van der Waals surface area contributed by atoms with Gasteiger partial charge in [0.15, 0.2) is 11.6 Å². The Bertz CT molecular complexity index is 628. The molecule has 0 aliphatic heterocycles. The van der Waals surface area contributed by atoms with E-state index in [2.05, 4.69) is 19.1 Å². The van der Waals surface area contributed by atoms with Crippen molar-refractivity contribution in [2.45, 2.75) is 42.5 Å². The van der Waals surface area contributed by atoms with Gasteiger partial charge in [0.25, 0.3) is 0 Å². The van der Waals surface area contributed by atoms with Gasteiger partial charge in [0.05, 0.1) is 0 Å². The lowest BCUT2D eigenvalue weighted by molar-refractivity contribution is 0.506. The number of benzene rings is 2. The predicted molar refractivity (Wildman–Crippen MR) is 83.6 cm³/mol. The number of halogens is 2. The minimum absolute atomic E-state index is 0.174. The minimum Gasteiger partial charge on any atom is -0.327 e. The van der Waals surface area contributed by atoms with Crippen molar-refractivity contribution in [2.24, 2.45) is 5.73 Å². The van der Waals surface area contributed by atoms with E-state index in [4.69, 9.17) is 5.73 Å². The predicted octanol–water partition coefficient (Wildman–Crippen LogP) is 4.70. The molecule has 0 fully saturated rings. The summed E-state index contributed by atoms with van der Waals surface area (Å²) in [5.74, 6) is -1.64. The van der Waals surface area contributed by atoms with Gasteiger partial charge in [0.2, 0.25) is 0 Å². The lowest BCUT2D eigenvalue weighted by Crippen LogP contribution is -2.21. The average molecular weight is 307 g/mol. The topological polar surface area (TPSA) is 26.0 Å². The van der Waals surface area contributed by atoms with Gasteiger partial charge < -0.3 is 5.73 Å². The molecule has 2 aromatic carbocycles. The van der Waals surface area contributed by atoms with Gasteiger partial charge in [-0.3, -0.25) is 0 Å². The summed E-state index contributed by atoms with van der Waals surface area (Å²) in [4.78, 5) is 1.69. The molecule has 21 heavy (non-hydrogen) atoms. The van der Waals surface area contributed by atoms with Gasteiger partial charge in [-0.1, -0.05) is 24.8 Å². The van der Waals surface area contributed by atoms with Crippen LogP contribution in [0.25, 0.3) is 0 Å². The standard InChI is InChI=1S/C17H19F2NS/c1-3-13(20)9-12-4-5-14(8-11(12)2)21-15-6-7-16(18)17(19)10-15/h4-8,10,13H,3,9,20H2,1-2H3. The van der Waals surface area contributed by atoms with E-state index in [1.54, 1.807) is 6.07 Å². The maximum Gasteiger partial charge on any atom is 0.159 e. The van der Waals surface area contributed by atoms with Gasteiger partial charge in [0.1, 0.15) is 0 Å². The number of nitrogens with two attached hydrogens (primary N) is 1. The first-order chi connectivity index (χ1) is 9.99. The smallest absolute Gasteiger partial charge is 0.159 e. The zero-order chi connectivity index (χ0) is 15.4. The van der Waals surface area contributed by atoms with Crippen molar-refractivity contribution < 1.29 is 8.78 Å². The zero-order valence-electron chi connectivity index (χ0n) is 12.2. The molecule has 0 saturated carbocycles. The first kappa shape index (κ1) is 16.0. The summed E-state index contributed by atoms with van der Waals surface area (Å²) in [5.41, 5.74) is 8.39. The highest BCUT2D eigenvalue weighted by Crippen LogP contribution is 2.30. The van der Waals surface area contributed by atoms with E-state index < -0.39 is 11.6 Å². The molecule has 2 aromatic rings. The van der Waals surface area contributed by atoms with Gasteiger partial charge >= 0.3 is 0 Å². The summed E-state index contributed by atoms with van der Waals surface area (Å²) >= 11 is 1.42. The summed E-state index contributed by atoms with van der Waals surface area (Å²) in [7, 11) is 0. The van der Waals surface area contributed by atoms with Crippen molar-refractivity contribution >= 4 is 11.8 Å². The summed E-state index contributed by atoms with van der Waals surface area (Å²) in [5, 5.41) is 0. The molecule has 0 aliphatic carbocycles. The molecule has 2 rings (SSSR count). The summed E-state index contributed by atoms with van der Waals surface area (Å²) in [6, 6.07) is 10.2. The van der Waals surface area contributed by atoms with E-state index in [1.807, 2.05) is 13.0 Å². The Labute approximate surface area is 128 Å². The number of hydrogen-bond acceptors (Lipinski definition) is 2. The number of rotatable bonds is 5. The molecule has 112 valence electrons. The quantitative estimate of drug-likeness (QED) is 0.866. The Morgan fingerprint density at radius 1 is 1.05 bits per heavy atom. The van der Waals surface area contributed by atoms with Gasteiger partial charge in [-0.2, -0.15) is 0 Å². The van der Waals surface area contributed by atoms with Crippen LogP contribution in [0.15, 0.2) is 46.2 Å². The van der Waals surface area contributed by atoms with Gasteiger partial charge in [-0.25, -0.2) is 8.78 Å². The molecule has 0 amide bonds. The Morgan fingerprint density at radius 3 is 2.33 bits per heavy atom. The Balaban J connectivity index is 2.14. The third-order valence-corrected chi connectivity index (χ3v) is 4.43. The Kier molecular flexibility index (Phi) is 5.37. The van der Waals surface area contributed by atoms with Crippen LogP contribution in [0.5, 0.6) is 0 Å². The fraction of sp³-hybridized carbons (Fsp3) is 0.294. The van der Waals surface area contributed by atoms with E-state index in [0.29, 0.717) is 4.90 Å². The van der Waals surface area contributed by atoms with Crippen LogP contribution in [0.3, 0.4) is 0 Å². The highest BCUT2D eigenvalue weighted by molar-refractivity contribution is 7.99. The molecule has 1 nitrogen and oxygen atoms in total. The minimum atomic E-state index is -0.820. The van der Waals surface area contributed by atoms with E-state index in [1.165, 1.54) is 29.0 Å². The van der Waals surface area contributed by atoms with Crippen LogP contribution in [-0.2, 0) is 6.42 Å². The van der Waals surface area contributed by atoms with Gasteiger partial charge in [0, 0.05) is 15.8 Å². The lowest BCUT2D eigenvalue weighted by atomic mass is 10.0. The van der Waals surface area contributed by atoms with Crippen LogP contribution in [0.2, 0.25) is 0 Å². The maximum atomic E-state index is 13.2. The van der Waals surface area contributed by atoms with Crippen LogP contribution in [0, 0.1) is 18.6 Å². The van der Waals surface area contributed by atoms with Crippen molar-refractivity contribution in [1.29, 1.82) is 0 Å². The molecule has 0 radical (unpaired) electrons. The maximum absolute atomic E-state index is 13.2.